The van der Waals surface area contributed by atoms with Gasteiger partial charge in [0.15, 0.2) is 11.6 Å². The van der Waals surface area contributed by atoms with Gasteiger partial charge in [-0.25, -0.2) is 0 Å². The van der Waals surface area contributed by atoms with Gasteiger partial charge in [-0.1, -0.05) is 0 Å². The van der Waals surface area contributed by atoms with Crippen molar-refractivity contribution in [3.8, 4) is 5.88 Å². The Morgan fingerprint density at radius 3 is 2.81 bits per heavy atom. The molecule has 0 spiro atoms. The summed E-state index contributed by atoms with van der Waals surface area (Å²) in [5.41, 5.74) is 6.33. The topological polar surface area (TPSA) is 78.0 Å². The second-order valence-corrected chi connectivity index (χ2v) is 3.29. The number of methoxy groups -OCH3 is 1. The maximum absolute atomic E-state index is 5.78. The number of anilines is 3. The minimum Gasteiger partial charge on any atom is -0.481 e. The van der Waals surface area contributed by atoms with Crippen LogP contribution in [0.15, 0.2) is 24.4 Å². The molecule has 0 unspecified atom stereocenters. The van der Waals surface area contributed by atoms with Gasteiger partial charge in [-0.3, -0.25) is 4.68 Å². The summed E-state index contributed by atoms with van der Waals surface area (Å²) in [6.45, 7) is 0. The highest BCUT2D eigenvalue weighted by Crippen LogP contribution is 2.22. The van der Waals surface area contributed by atoms with E-state index in [-0.39, 0.29) is 0 Å². The van der Waals surface area contributed by atoms with Gasteiger partial charge >= 0.3 is 0 Å². The van der Waals surface area contributed by atoms with Crippen LogP contribution in [0.5, 0.6) is 5.88 Å². The van der Waals surface area contributed by atoms with Crippen molar-refractivity contribution in [2.45, 2.75) is 0 Å². The van der Waals surface area contributed by atoms with Gasteiger partial charge in [0, 0.05) is 25.4 Å². The van der Waals surface area contributed by atoms with Gasteiger partial charge in [0.2, 0.25) is 5.88 Å². The smallest absolute Gasteiger partial charge is 0.215 e. The van der Waals surface area contributed by atoms with Crippen molar-refractivity contribution >= 4 is 17.3 Å². The number of aromatic nitrogens is 3. The van der Waals surface area contributed by atoms with Crippen molar-refractivity contribution in [3.05, 3.63) is 24.4 Å². The van der Waals surface area contributed by atoms with Gasteiger partial charge in [-0.15, -0.1) is 0 Å². The molecular weight excluding hydrogens is 206 g/mol. The van der Waals surface area contributed by atoms with Crippen LogP contribution in [0.1, 0.15) is 0 Å². The summed E-state index contributed by atoms with van der Waals surface area (Å²) in [6, 6.07) is 5.27. The molecule has 2 aromatic rings. The molecule has 0 radical (unpaired) electrons. The van der Waals surface area contributed by atoms with E-state index in [0.29, 0.717) is 23.2 Å². The molecule has 2 aromatic heterocycles. The van der Waals surface area contributed by atoms with Crippen LogP contribution in [0.4, 0.5) is 17.3 Å². The third kappa shape index (κ3) is 2.05. The molecule has 2 heterocycles. The molecule has 0 atom stereocenters. The summed E-state index contributed by atoms with van der Waals surface area (Å²) in [7, 11) is 3.40. The van der Waals surface area contributed by atoms with Crippen LogP contribution in [0.2, 0.25) is 0 Å². The molecule has 0 aliphatic carbocycles. The second kappa shape index (κ2) is 4.09. The van der Waals surface area contributed by atoms with Gasteiger partial charge in [-0.2, -0.15) is 10.1 Å². The van der Waals surface area contributed by atoms with E-state index in [1.807, 2.05) is 19.3 Å². The van der Waals surface area contributed by atoms with Crippen molar-refractivity contribution in [1.82, 2.24) is 14.8 Å². The molecule has 2 rings (SSSR count). The number of rotatable bonds is 3. The van der Waals surface area contributed by atoms with Crippen LogP contribution < -0.4 is 15.8 Å². The molecule has 0 fully saturated rings. The van der Waals surface area contributed by atoms with Crippen molar-refractivity contribution < 1.29 is 4.74 Å². The maximum Gasteiger partial charge on any atom is 0.215 e. The number of nitrogens with two attached hydrogens (primary N) is 1. The van der Waals surface area contributed by atoms with Crippen LogP contribution in [-0.2, 0) is 7.05 Å². The van der Waals surface area contributed by atoms with Gasteiger partial charge in [0.05, 0.1) is 12.8 Å². The molecule has 6 nitrogen and oxygen atoms in total. The SMILES string of the molecule is COc1ccc(N)c(Nc2ccn(C)n2)n1. The maximum atomic E-state index is 5.78. The van der Waals surface area contributed by atoms with Crippen molar-refractivity contribution in [2.75, 3.05) is 18.2 Å². The summed E-state index contributed by atoms with van der Waals surface area (Å²) in [4.78, 5) is 4.19. The fourth-order valence-corrected chi connectivity index (χ4v) is 1.27. The molecule has 6 heteroatoms. The molecule has 0 aliphatic heterocycles. The minimum absolute atomic E-state index is 0.507. The lowest BCUT2D eigenvalue weighted by atomic mass is 10.4. The number of nitrogens with zero attached hydrogens (tertiary/aromatic N) is 3. The normalized spacial score (nSPS) is 10.1. The van der Waals surface area contributed by atoms with Gasteiger partial charge < -0.3 is 15.8 Å². The molecule has 0 saturated heterocycles. The molecule has 0 amide bonds. The van der Waals surface area contributed by atoms with Crippen molar-refractivity contribution in [2.24, 2.45) is 7.05 Å². The van der Waals surface area contributed by atoms with Crippen molar-refractivity contribution in [1.29, 1.82) is 0 Å². The van der Waals surface area contributed by atoms with Gasteiger partial charge in [0.25, 0.3) is 0 Å². The molecule has 16 heavy (non-hydrogen) atoms. The highest BCUT2D eigenvalue weighted by atomic mass is 16.5. The molecular formula is C10H13N5O. The van der Waals surface area contributed by atoms with Crippen LogP contribution in [0.25, 0.3) is 0 Å². The quantitative estimate of drug-likeness (QED) is 0.809. The first kappa shape index (κ1) is 10.3. The Hall–Kier alpha value is -2.24. The van der Waals surface area contributed by atoms with Crippen LogP contribution in [-0.4, -0.2) is 21.9 Å². The first-order chi connectivity index (χ1) is 7.69. The summed E-state index contributed by atoms with van der Waals surface area (Å²) < 4.78 is 6.71. The number of nitrogen functional groups attached to an aromatic ring is 1. The van der Waals surface area contributed by atoms with E-state index >= 15 is 0 Å². The molecule has 84 valence electrons. The number of nitrogens with one attached hydrogen (secondary N) is 1. The summed E-state index contributed by atoms with van der Waals surface area (Å²) in [5, 5.41) is 7.19. The first-order valence-electron chi connectivity index (χ1n) is 4.76. The zero-order chi connectivity index (χ0) is 11.5. The molecule has 0 saturated carbocycles. The van der Waals surface area contributed by atoms with E-state index < -0.39 is 0 Å². The fraction of sp³-hybridized carbons (Fsp3) is 0.200. The Morgan fingerprint density at radius 2 is 2.19 bits per heavy atom. The third-order valence-corrected chi connectivity index (χ3v) is 2.07. The molecule has 0 aliphatic rings. The highest BCUT2D eigenvalue weighted by molar-refractivity contribution is 5.67. The highest BCUT2D eigenvalue weighted by Gasteiger charge is 2.05. The Kier molecular flexibility index (Phi) is 2.63. The van der Waals surface area contributed by atoms with E-state index in [9.17, 15) is 0 Å². The Labute approximate surface area is 93.0 Å². The lowest BCUT2D eigenvalue weighted by Gasteiger charge is -2.07. The lowest BCUT2D eigenvalue weighted by Crippen LogP contribution is -2.01. The second-order valence-electron chi connectivity index (χ2n) is 3.29. The van der Waals surface area contributed by atoms with Crippen LogP contribution in [0, 0.1) is 0 Å². The number of ether oxygens (including phenoxy) is 1. The zero-order valence-corrected chi connectivity index (χ0v) is 9.14. The minimum atomic E-state index is 0.507. The molecule has 0 aromatic carbocycles. The van der Waals surface area contributed by atoms with E-state index in [0.717, 1.165) is 0 Å². The number of aryl methyl sites for hydroxylation is 1. The largest absolute Gasteiger partial charge is 0.481 e. The van der Waals surface area contributed by atoms with Crippen molar-refractivity contribution in [3.63, 3.8) is 0 Å². The van der Waals surface area contributed by atoms with Gasteiger partial charge in [0.1, 0.15) is 0 Å². The molecule has 0 bridgehead atoms. The van der Waals surface area contributed by atoms with Crippen LogP contribution >= 0.6 is 0 Å². The lowest BCUT2D eigenvalue weighted by molar-refractivity contribution is 0.398. The monoisotopic (exact) mass is 219 g/mol. The van der Waals surface area contributed by atoms with E-state index in [2.05, 4.69) is 15.4 Å². The predicted octanol–water partition coefficient (Wildman–Crippen LogP) is 1.15. The fourth-order valence-electron chi connectivity index (χ4n) is 1.27. The number of hydrogen-bond acceptors (Lipinski definition) is 5. The Morgan fingerprint density at radius 1 is 1.38 bits per heavy atom. The van der Waals surface area contributed by atoms with E-state index in [1.165, 1.54) is 0 Å². The first-order valence-corrected chi connectivity index (χ1v) is 4.76. The zero-order valence-electron chi connectivity index (χ0n) is 9.14. The summed E-state index contributed by atoms with van der Waals surface area (Å²) in [6.07, 6.45) is 1.83. The van der Waals surface area contributed by atoms with Crippen LogP contribution in [0.3, 0.4) is 0 Å². The third-order valence-electron chi connectivity index (χ3n) is 2.07. The predicted molar refractivity (Wildman–Crippen MR) is 61.7 cm³/mol. The Balaban J connectivity index is 2.26. The Bertz CT molecular complexity index is 494. The molecule has 3 N–H and O–H groups in total. The summed E-state index contributed by atoms with van der Waals surface area (Å²) >= 11 is 0. The number of hydrogen-bond donors (Lipinski definition) is 2. The standard InChI is InChI=1S/C10H13N5O/c1-15-6-5-8(14-15)12-10-7(11)3-4-9(13-10)16-2/h3-6H,11H2,1-2H3,(H,12,13,14). The summed E-state index contributed by atoms with van der Waals surface area (Å²) in [5.74, 6) is 1.74. The van der Waals surface area contributed by atoms with E-state index in [1.54, 1.807) is 23.9 Å². The van der Waals surface area contributed by atoms with Gasteiger partial charge in [-0.05, 0) is 6.07 Å². The van der Waals surface area contributed by atoms with E-state index in [4.69, 9.17) is 10.5 Å². The average Bonchev–Trinajstić information content (AvgIpc) is 2.67. The number of pyridine rings is 1. The average molecular weight is 219 g/mol.